The highest BCUT2D eigenvalue weighted by molar-refractivity contribution is 7.86. The summed E-state index contributed by atoms with van der Waals surface area (Å²) in [7, 11) is -2.65. The Kier molecular flexibility index (Phi) is 6.29. The predicted octanol–water partition coefficient (Wildman–Crippen LogP) is 3.59. The van der Waals surface area contributed by atoms with Crippen molar-refractivity contribution in [1.82, 2.24) is 4.57 Å². The van der Waals surface area contributed by atoms with Crippen molar-refractivity contribution in [3.8, 4) is 11.9 Å². The Hall–Kier alpha value is -3.81. The van der Waals surface area contributed by atoms with E-state index in [4.69, 9.17) is 4.18 Å². The molecule has 0 aliphatic carbocycles. The fourth-order valence-corrected chi connectivity index (χ4v) is 3.66. The Balaban J connectivity index is 1.92. The number of benzene rings is 2. The molecule has 0 aliphatic heterocycles. The average molecular weight is 438 g/mol. The summed E-state index contributed by atoms with van der Waals surface area (Å²) in [5.74, 6) is -0.455. The largest absolute Gasteiger partial charge is 0.493 e. The van der Waals surface area contributed by atoms with Crippen LogP contribution in [-0.4, -0.2) is 18.1 Å². The molecule has 3 aromatic rings. The SMILES string of the molecule is Cc1c(C#N)c(O)n(C)c(=O)c1N=Nc1ccccc1COS(=O)(=O)c1ccccc1. The van der Waals surface area contributed by atoms with Crippen LogP contribution >= 0.6 is 0 Å². The molecule has 0 amide bonds. The molecule has 0 radical (unpaired) electrons. The Labute approximate surface area is 178 Å². The van der Waals surface area contributed by atoms with E-state index in [1.165, 1.54) is 26.1 Å². The van der Waals surface area contributed by atoms with Gasteiger partial charge in [0.25, 0.3) is 15.7 Å². The Morgan fingerprint density at radius 1 is 1.10 bits per heavy atom. The van der Waals surface area contributed by atoms with Crippen LogP contribution in [0.25, 0.3) is 0 Å². The van der Waals surface area contributed by atoms with E-state index in [1.54, 1.807) is 42.5 Å². The molecule has 1 heterocycles. The molecule has 0 saturated carbocycles. The lowest BCUT2D eigenvalue weighted by atomic mass is 10.1. The first-order chi connectivity index (χ1) is 14.8. The fraction of sp³-hybridized carbons (Fsp3) is 0.143. The molecule has 9 nitrogen and oxygen atoms in total. The molecule has 158 valence electrons. The molecule has 1 aromatic heterocycles. The molecular formula is C21H18N4O5S. The van der Waals surface area contributed by atoms with Crippen LogP contribution in [0.1, 0.15) is 16.7 Å². The summed E-state index contributed by atoms with van der Waals surface area (Å²) in [5, 5.41) is 27.2. The van der Waals surface area contributed by atoms with E-state index in [1.807, 2.05) is 6.07 Å². The third-order valence-electron chi connectivity index (χ3n) is 4.54. The molecule has 3 rings (SSSR count). The topological polar surface area (TPSA) is 134 Å². The van der Waals surface area contributed by atoms with Crippen LogP contribution in [0.5, 0.6) is 5.88 Å². The zero-order valence-corrected chi connectivity index (χ0v) is 17.5. The summed E-state index contributed by atoms with van der Waals surface area (Å²) >= 11 is 0. The molecule has 0 aliphatic rings. The molecule has 2 aromatic carbocycles. The maximum Gasteiger partial charge on any atom is 0.297 e. The second-order valence-corrected chi connectivity index (χ2v) is 8.12. The highest BCUT2D eigenvalue weighted by Crippen LogP contribution is 2.28. The van der Waals surface area contributed by atoms with Gasteiger partial charge in [-0.05, 0) is 25.1 Å². The minimum atomic E-state index is -3.96. The lowest BCUT2D eigenvalue weighted by Gasteiger charge is -2.09. The van der Waals surface area contributed by atoms with E-state index in [0.717, 1.165) is 4.57 Å². The minimum Gasteiger partial charge on any atom is -0.493 e. The van der Waals surface area contributed by atoms with Crippen molar-refractivity contribution >= 4 is 21.5 Å². The number of aromatic hydroxyl groups is 1. The summed E-state index contributed by atoms with van der Waals surface area (Å²) in [5.41, 5.74) is 0.0924. The van der Waals surface area contributed by atoms with Gasteiger partial charge in [0.05, 0.1) is 17.2 Å². The molecule has 1 N–H and O–H groups in total. The monoisotopic (exact) mass is 438 g/mol. The van der Waals surface area contributed by atoms with Crippen LogP contribution in [0.4, 0.5) is 11.4 Å². The number of aromatic nitrogens is 1. The van der Waals surface area contributed by atoms with Gasteiger partial charge in [0.1, 0.15) is 11.6 Å². The van der Waals surface area contributed by atoms with Gasteiger partial charge in [-0.2, -0.15) is 13.7 Å². The number of nitriles is 1. The zero-order valence-electron chi connectivity index (χ0n) is 16.7. The second kappa shape index (κ2) is 8.91. The molecule has 0 saturated heterocycles. The number of pyridine rings is 1. The van der Waals surface area contributed by atoms with E-state index in [9.17, 15) is 23.6 Å². The van der Waals surface area contributed by atoms with Crippen LogP contribution in [-0.2, 0) is 28.0 Å². The van der Waals surface area contributed by atoms with E-state index >= 15 is 0 Å². The van der Waals surface area contributed by atoms with Crippen LogP contribution in [0.2, 0.25) is 0 Å². The van der Waals surface area contributed by atoms with Crippen molar-refractivity contribution in [2.75, 3.05) is 0 Å². The van der Waals surface area contributed by atoms with Crippen molar-refractivity contribution in [1.29, 1.82) is 5.26 Å². The van der Waals surface area contributed by atoms with Gasteiger partial charge in [-0.15, -0.1) is 10.2 Å². The first kappa shape index (κ1) is 21.9. The van der Waals surface area contributed by atoms with Crippen molar-refractivity contribution in [3.05, 3.63) is 81.6 Å². The molecule has 0 spiro atoms. The lowest BCUT2D eigenvalue weighted by Crippen LogP contribution is -2.18. The molecule has 10 heteroatoms. The van der Waals surface area contributed by atoms with Crippen molar-refractivity contribution in [2.24, 2.45) is 17.3 Å². The minimum absolute atomic E-state index is 0.0290. The van der Waals surface area contributed by atoms with Crippen molar-refractivity contribution < 1.29 is 17.7 Å². The van der Waals surface area contributed by atoms with E-state index in [0.29, 0.717) is 11.3 Å². The summed E-state index contributed by atoms with van der Waals surface area (Å²) in [6.45, 7) is 1.19. The standard InChI is InChI=1S/C21H18N4O5S/c1-14-17(12-22)20(26)25(2)21(27)19(14)24-23-18-11-7-6-8-15(18)13-30-31(28,29)16-9-4-3-5-10-16/h3-11,26H,13H2,1-2H3. The maximum atomic E-state index is 12.4. The molecule has 31 heavy (non-hydrogen) atoms. The smallest absolute Gasteiger partial charge is 0.297 e. The number of hydrogen-bond acceptors (Lipinski definition) is 8. The highest BCUT2D eigenvalue weighted by atomic mass is 32.2. The van der Waals surface area contributed by atoms with Gasteiger partial charge in [-0.3, -0.25) is 13.5 Å². The predicted molar refractivity (Wildman–Crippen MR) is 112 cm³/mol. The molecule has 0 bridgehead atoms. The van der Waals surface area contributed by atoms with Gasteiger partial charge in [0, 0.05) is 18.2 Å². The van der Waals surface area contributed by atoms with Gasteiger partial charge >= 0.3 is 0 Å². The van der Waals surface area contributed by atoms with Gasteiger partial charge < -0.3 is 5.11 Å². The van der Waals surface area contributed by atoms with Gasteiger partial charge in [0.15, 0.2) is 5.69 Å². The number of hydrogen-bond donors (Lipinski definition) is 1. The summed E-state index contributed by atoms with van der Waals surface area (Å²) < 4.78 is 30.7. The number of nitrogens with zero attached hydrogens (tertiary/aromatic N) is 4. The van der Waals surface area contributed by atoms with Gasteiger partial charge in [0.2, 0.25) is 5.88 Å². The first-order valence-electron chi connectivity index (χ1n) is 9.03. The van der Waals surface area contributed by atoms with Crippen molar-refractivity contribution in [2.45, 2.75) is 18.4 Å². The average Bonchev–Trinajstić information content (AvgIpc) is 2.78. The maximum absolute atomic E-state index is 12.4. The molecule has 0 unspecified atom stereocenters. The van der Waals surface area contributed by atoms with E-state index in [-0.39, 0.29) is 28.3 Å². The molecule has 0 atom stereocenters. The summed E-state index contributed by atoms with van der Waals surface area (Å²) in [6.07, 6.45) is 0. The second-order valence-electron chi connectivity index (χ2n) is 6.51. The lowest BCUT2D eigenvalue weighted by molar-refractivity contribution is 0.308. The van der Waals surface area contributed by atoms with E-state index in [2.05, 4.69) is 10.2 Å². The fourth-order valence-electron chi connectivity index (χ4n) is 2.75. The third kappa shape index (κ3) is 4.53. The van der Waals surface area contributed by atoms with Crippen LogP contribution in [0.15, 0.2) is 74.5 Å². The number of rotatable bonds is 6. The normalized spacial score (nSPS) is 11.5. The zero-order chi connectivity index (χ0) is 22.6. The summed E-state index contributed by atoms with van der Waals surface area (Å²) in [4.78, 5) is 12.5. The van der Waals surface area contributed by atoms with Crippen LogP contribution < -0.4 is 5.56 Å². The number of azo groups is 1. The van der Waals surface area contributed by atoms with Gasteiger partial charge in [-0.1, -0.05) is 36.4 Å². The first-order valence-corrected chi connectivity index (χ1v) is 10.4. The quantitative estimate of drug-likeness (QED) is 0.462. The molecular weight excluding hydrogens is 420 g/mol. The van der Waals surface area contributed by atoms with Crippen molar-refractivity contribution in [3.63, 3.8) is 0 Å². The highest BCUT2D eigenvalue weighted by Gasteiger charge is 2.18. The Morgan fingerprint density at radius 3 is 2.42 bits per heavy atom. The third-order valence-corrected chi connectivity index (χ3v) is 5.82. The van der Waals surface area contributed by atoms with Crippen LogP contribution in [0.3, 0.4) is 0 Å². The summed E-state index contributed by atoms with van der Waals surface area (Å²) in [6, 6.07) is 16.1. The van der Waals surface area contributed by atoms with Crippen LogP contribution in [0, 0.1) is 18.3 Å². The van der Waals surface area contributed by atoms with E-state index < -0.39 is 21.6 Å². The van der Waals surface area contributed by atoms with Gasteiger partial charge in [-0.25, -0.2) is 0 Å². The Morgan fingerprint density at radius 2 is 1.74 bits per heavy atom. The molecule has 0 fully saturated rings. The Bertz CT molecular complexity index is 1360.